The fraction of sp³-hybridized carbons (Fsp3) is 0.375. The molecule has 3 rings (SSSR count). The first kappa shape index (κ1) is 13.1. The number of carbonyl (C=O) groups is 1. The lowest BCUT2D eigenvalue weighted by Crippen LogP contribution is -2.40. The van der Waals surface area contributed by atoms with Crippen LogP contribution in [-0.2, 0) is 0 Å². The van der Waals surface area contributed by atoms with Crippen LogP contribution in [0.1, 0.15) is 29.8 Å². The highest BCUT2D eigenvalue weighted by molar-refractivity contribution is 6.05. The van der Waals surface area contributed by atoms with E-state index in [4.69, 9.17) is 5.73 Å². The second-order valence-electron chi connectivity index (χ2n) is 5.39. The zero-order valence-electron chi connectivity index (χ0n) is 11.4. The molecule has 0 aliphatic heterocycles. The molecule has 20 heavy (non-hydrogen) atoms. The Morgan fingerprint density at radius 2 is 2.15 bits per heavy atom. The van der Waals surface area contributed by atoms with Gasteiger partial charge in [0.1, 0.15) is 5.69 Å². The van der Waals surface area contributed by atoms with Gasteiger partial charge in [-0.3, -0.25) is 9.78 Å². The molecule has 0 bridgehead atoms. The molecule has 104 valence electrons. The van der Waals surface area contributed by atoms with Crippen LogP contribution in [0.2, 0.25) is 0 Å². The van der Waals surface area contributed by atoms with Crippen molar-refractivity contribution in [2.24, 2.45) is 11.7 Å². The molecule has 1 aliphatic rings. The van der Waals surface area contributed by atoms with Gasteiger partial charge in [-0.2, -0.15) is 0 Å². The van der Waals surface area contributed by atoms with E-state index >= 15 is 0 Å². The Balaban J connectivity index is 1.86. The van der Waals surface area contributed by atoms with Crippen molar-refractivity contribution in [1.29, 1.82) is 0 Å². The number of aromatic nitrogens is 1. The van der Waals surface area contributed by atoms with Crippen molar-refractivity contribution in [3.63, 3.8) is 0 Å². The number of pyridine rings is 1. The molecule has 3 N–H and O–H groups in total. The zero-order valence-corrected chi connectivity index (χ0v) is 11.4. The molecule has 4 nitrogen and oxygen atoms in total. The van der Waals surface area contributed by atoms with Crippen LogP contribution in [0.15, 0.2) is 36.5 Å². The van der Waals surface area contributed by atoms with E-state index in [1.807, 2.05) is 30.3 Å². The molecule has 1 aromatic carbocycles. The van der Waals surface area contributed by atoms with Crippen LogP contribution < -0.4 is 11.1 Å². The largest absolute Gasteiger partial charge is 0.348 e. The van der Waals surface area contributed by atoms with E-state index in [9.17, 15) is 4.79 Å². The highest BCUT2D eigenvalue weighted by atomic mass is 16.1. The van der Waals surface area contributed by atoms with Gasteiger partial charge in [0.2, 0.25) is 0 Å². The summed E-state index contributed by atoms with van der Waals surface area (Å²) in [4.78, 5) is 16.7. The first-order chi connectivity index (χ1) is 9.79. The molecular weight excluding hydrogens is 250 g/mol. The minimum Gasteiger partial charge on any atom is -0.348 e. The van der Waals surface area contributed by atoms with Gasteiger partial charge in [-0.15, -0.1) is 0 Å². The van der Waals surface area contributed by atoms with Gasteiger partial charge < -0.3 is 11.1 Å². The number of nitrogens with two attached hydrogens (primary N) is 1. The van der Waals surface area contributed by atoms with E-state index in [0.717, 1.165) is 30.0 Å². The van der Waals surface area contributed by atoms with Gasteiger partial charge in [0.05, 0.1) is 0 Å². The van der Waals surface area contributed by atoms with E-state index < -0.39 is 0 Å². The molecular formula is C16H19N3O. The number of hydrogen-bond donors (Lipinski definition) is 2. The summed E-state index contributed by atoms with van der Waals surface area (Å²) in [6, 6.07) is 9.93. The molecule has 1 fully saturated rings. The molecule has 0 saturated heterocycles. The lowest BCUT2D eigenvalue weighted by molar-refractivity contribution is 0.0925. The number of benzene rings is 1. The highest BCUT2D eigenvalue weighted by Crippen LogP contribution is 2.25. The van der Waals surface area contributed by atoms with E-state index in [1.165, 1.54) is 0 Å². The van der Waals surface area contributed by atoms with Crippen LogP contribution in [0.5, 0.6) is 0 Å². The summed E-state index contributed by atoms with van der Waals surface area (Å²) < 4.78 is 0. The van der Waals surface area contributed by atoms with Crippen molar-refractivity contribution in [2.45, 2.75) is 25.3 Å². The summed E-state index contributed by atoms with van der Waals surface area (Å²) >= 11 is 0. The molecule has 0 spiro atoms. The average Bonchev–Trinajstić information content (AvgIpc) is 2.93. The standard InChI is InChI=1S/C16H19N3O/c17-10-12-5-3-7-14(12)19-16(20)15-13-6-2-1-4-11(13)8-9-18-15/h1-2,4,6,8-9,12,14H,3,5,7,10,17H2,(H,19,20). The highest BCUT2D eigenvalue weighted by Gasteiger charge is 2.28. The van der Waals surface area contributed by atoms with Crippen LogP contribution in [0.4, 0.5) is 0 Å². The average molecular weight is 269 g/mol. The Bertz CT molecular complexity index is 621. The van der Waals surface area contributed by atoms with Gasteiger partial charge in [0, 0.05) is 17.6 Å². The molecule has 0 radical (unpaired) electrons. The summed E-state index contributed by atoms with van der Waals surface area (Å²) in [5.74, 6) is 0.307. The quantitative estimate of drug-likeness (QED) is 0.896. The molecule has 2 unspecified atom stereocenters. The van der Waals surface area contributed by atoms with E-state index in [0.29, 0.717) is 18.2 Å². The van der Waals surface area contributed by atoms with Gasteiger partial charge in [0.25, 0.3) is 5.91 Å². The van der Waals surface area contributed by atoms with Crippen molar-refractivity contribution in [1.82, 2.24) is 10.3 Å². The van der Waals surface area contributed by atoms with E-state index in [-0.39, 0.29) is 11.9 Å². The summed E-state index contributed by atoms with van der Waals surface area (Å²) in [6.45, 7) is 0.633. The van der Waals surface area contributed by atoms with Crippen LogP contribution in [0, 0.1) is 5.92 Å². The van der Waals surface area contributed by atoms with Gasteiger partial charge in [-0.05, 0) is 36.8 Å². The predicted octanol–water partition coefficient (Wildman–Crippen LogP) is 2.09. The second-order valence-corrected chi connectivity index (χ2v) is 5.39. The summed E-state index contributed by atoms with van der Waals surface area (Å²) in [5.41, 5.74) is 6.27. The Labute approximate surface area is 118 Å². The fourth-order valence-corrected chi connectivity index (χ4v) is 3.05. The van der Waals surface area contributed by atoms with Crippen LogP contribution in [0.3, 0.4) is 0 Å². The van der Waals surface area contributed by atoms with Crippen molar-refractivity contribution < 1.29 is 4.79 Å². The maximum Gasteiger partial charge on any atom is 0.270 e. The zero-order chi connectivity index (χ0) is 13.9. The van der Waals surface area contributed by atoms with E-state index in [1.54, 1.807) is 6.20 Å². The SMILES string of the molecule is NCC1CCCC1NC(=O)c1nccc2ccccc12. The lowest BCUT2D eigenvalue weighted by atomic mass is 10.0. The molecule has 1 aromatic heterocycles. The third-order valence-corrected chi connectivity index (χ3v) is 4.17. The van der Waals surface area contributed by atoms with Gasteiger partial charge >= 0.3 is 0 Å². The summed E-state index contributed by atoms with van der Waals surface area (Å²) in [7, 11) is 0. The number of hydrogen-bond acceptors (Lipinski definition) is 3. The number of fused-ring (bicyclic) bond motifs is 1. The number of nitrogens with one attached hydrogen (secondary N) is 1. The summed E-state index contributed by atoms with van der Waals surface area (Å²) in [5, 5.41) is 5.04. The smallest absolute Gasteiger partial charge is 0.270 e. The summed E-state index contributed by atoms with van der Waals surface area (Å²) in [6.07, 6.45) is 4.94. The Kier molecular flexibility index (Phi) is 3.65. The van der Waals surface area contributed by atoms with E-state index in [2.05, 4.69) is 10.3 Å². The van der Waals surface area contributed by atoms with Gasteiger partial charge in [-0.25, -0.2) is 0 Å². The Morgan fingerprint density at radius 3 is 3.00 bits per heavy atom. The topological polar surface area (TPSA) is 68.0 Å². The Morgan fingerprint density at radius 1 is 1.30 bits per heavy atom. The molecule has 1 saturated carbocycles. The van der Waals surface area contributed by atoms with Crippen molar-refractivity contribution in [3.8, 4) is 0 Å². The van der Waals surface area contributed by atoms with Crippen LogP contribution in [-0.4, -0.2) is 23.5 Å². The maximum absolute atomic E-state index is 12.5. The lowest BCUT2D eigenvalue weighted by Gasteiger charge is -2.19. The first-order valence-electron chi connectivity index (χ1n) is 7.14. The maximum atomic E-state index is 12.5. The third-order valence-electron chi connectivity index (χ3n) is 4.17. The van der Waals surface area contributed by atoms with Crippen LogP contribution in [0.25, 0.3) is 10.8 Å². The predicted molar refractivity (Wildman–Crippen MR) is 79.4 cm³/mol. The van der Waals surface area contributed by atoms with Gasteiger partial charge in [0.15, 0.2) is 0 Å². The van der Waals surface area contributed by atoms with Gasteiger partial charge in [-0.1, -0.05) is 30.7 Å². The Hall–Kier alpha value is -1.94. The fourth-order valence-electron chi connectivity index (χ4n) is 3.05. The van der Waals surface area contributed by atoms with Crippen LogP contribution >= 0.6 is 0 Å². The van der Waals surface area contributed by atoms with Crippen molar-refractivity contribution in [2.75, 3.05) is 6.54 Å². The first-order valence-corrected chi connectivity index (χ1v) is 7.14. The third kappa shape index (κ3) is 2.39. The molecule has 4 heteroatoms. The van der Waals surface area contributed by atoms with Crippen molar-refractivity contribution in [3.05, 3.63) is 42.2 Å². The minimum atomic E-state index is -0.0906. The molecule has 2 aromatic rings. The number of amides is 1. The minimum absolute atomic E-state index is 0.0906. The second kappa shape index (κ2) is 5.59. The number of nitrogens with zero attached hydrogens (tertiary/aromatic N) is 1. The number of carbonyl (C=O) groups excluding carboxylic acids is 1. The molecule has 1 amide bonds. The monoisotopic (exact) mass is 269 g/mol. The number of rotatable bonds is 3. The molecule has 1 heterocycles. The normalized spacial score (nSPS) is 22.1. The molecule has 2 atom stereocenters. The molecule has 1 aliphatic carbocycles. The van der Waals surface area contributed by atoms with Crippen molar-refractivity contribution >= 4 is 16.7 Å².